The molecule has 1 unspecified atom stereocenters. The highest BCUT2D eigenvalue weighted by atomic mass is 28.4. The molecule has 0 spiro atoms. The smallest absolute Gasteiger partial charge is 0.284 e. The van der Waals surface area contributed by atoms with E-state index in [0.29, 0.717) is 18.8 Å². The zero-order chi connectivity index (χ0) is 25.8. The maximum atomic E-state index is 13.6. The summed E-state index contributed by atoms with van der Waals surface area (Å²) >= 11 is 0. The summed E-state index contributed by atoms with van der Waals surface area (Å²) in [5, 5.41) is 12.0. The fourth-order valence-electron chi connectivity index (χ4n) is 4.22. The van der Waals surface area contributed by atoms with Crippen molar-refractivity contribution >= 4 is 19.8 Å². The Kier molecular flexibility index (Phi) is 8.38. The molecule has 2 aromatic rings. The van der Waals surface area contributed by atoms with Crippen molar-refractivity contribution < 1.29 is 23.6 Å². The molecule has 0 saturated heterocycles. The lowest BCUT2D eigenvalue weighted by molar-refractivity contribution is -0.385. The molecule has 0 N–H and O–H groups in total. The SMILES string of the molecule is COc1cc(C(=O)C2CCC[C@H]2CO[Si](C)(C)C(C)(C)C)c([N+](=O)[O-])cc1OCc1ccccc1. The minimum atomic E-state index is -1.96. The average Bonchev–Trinajstić information content (AvgIpc) is 3.29. The molecule has 3 rings (SSSR count). The van der Waals surface area contributed by atoms with E-state index in [2.05, 4.69) is 33.9 Å². The standard InChI is InChI=1S/C27H37NO6Si/c1-27(2,3)35(5,6)34-18-20-13-10-14-21(20)26(29)22-15-24(32-4)25(16-23(22)28(30)31)33-17-19-11-8-7-9-12-19/h7-9,11-12,15-16,20-21H,10,13-14,17-18H2,1-6H3/t20-,21?/m0/s1. The number of Topliss-reactive ketones (excluding diaryl/α,β-unsaturated/α-hetero) is 1. The van der Waals surface area contributed by atoms with Crippen molar-refractivity contribution in [1.82, 2.24) is 0 Å². The number of hydrogen-bond donors (Lipinski definition) is 0. The Morgan fingerprint density at radius 2 is 1.80 bits per heavy atom. The number of nitro groups is 1. The van der Waals surface area contributed by atoms with E-state index in [9.17, 15) is 14.9 Å². The third-order valence-electron chi connectivity index (χ3n) is 7.44. The molecule has 1 aliphatic rings. The van der Waals surface area contributed by atoms with Crippen LogP contribution in [-0.4, -0.2) is 32.7 Å². The number of benzene rings is 2. The van der Waals surface area contributed by atoms with E-state index < -0.39 is 13.2 Å². The second-order valence-corrected chi connectivity index (χ2v) is 15.6. The van der Waals surface area contributed by atoms with Gasteiger partial charge in [0.1, 0.15) is 6.61 Å². The number of carbonyl (C=O) groups is 1. The number of ketones is 1. The number of ether oxygens (including phenoxy) is 2. The Morgan fingerprint density at radius 1 is 1.11 bits per heavy atom. The lowest BCUT2D eigenvalue weighted by Gasteiger charge is -2.37. The zero-order valence-electron chi connectivity index (χ0n) is 21.6. The summed E-state index contributed by atoms with van der Waals surface area (Å²) in [6.45, 7) is 11.7. The van der Waals surface area contributed by atoms with Gasteiger partial charge in [0.2, 0.25) is 0 Å². The quantitative estimate of drug-likeness (QED) is 0.155. The van der Waals surface area contributed by atoms with Crippen molar-refractivity contribution in [1.29, 1.82) is 0 Å². The minimum absolute atomic E-state index is 0.0521. The van der Waals surface area contributed by atoms with Gasteiger partial charge in [0.15, 0.2) is 25.6 Å². The second-order valence-electron chi connectivity index (χ2n) is 10.8. The predicted molar refractivity (Wildman–Crippen MR) is 139 cm³/mol. The number of nitro benzene ring substituents is 1. The van der Waals surface area contributed by atoms with Gasteiger partial charge in [0, 0.05) is 18.6 Å². The molecule has 7 nitrogen and oxygen atoms in total. The maximum Gasteiger partial charge on any atom is 0.284 e. The normalized spacial score (nSPS) is 18.3. The van der Waals surface area contributed by atoms with E-state index in [1.165, 1.54) is 19.2 Å². The first-order valence-corrected chi connectivity index (χ1v) is 15.1. The third-order valence-corrected chi connectivity index (χ3v) is 11.9. The van der Waals surface area contributed by atoms with Gasteiger partial charge in [0.25, 0.3) is 5.69 Å². The van der Waals surface area contributed by atoms with Gasteiger partial charge in [-0.05, 0) is 42.5 Å². The van der Waals surface area contributed by atoms with Crippen LogP contribution in [0.3, 0.4) is 0 Å². The Bertz CT molecular complexity index is 1050. The van der Waals surface area contributed by atoms with Gasteiger partial charge in [-0.15, -0.1) is 0 Å². The van der Waals surface area contributed by atoms with E-state index >= 15 is 0 Å². The summed E-state index contributed by atoms with van der Waals surface area (Å²) in [5.74, 6) is 0.0761. The Balaban J connectivity index is 1.84. The molecule has 0 aliphatic heterocycles. The molecule has 2 atom stereocenters. The van der Waals surface area contributed by atoms with Crippen molar-refractivity contribution in [2.45, 2.75) is 64.8 Å². The summed E-state index contributed by atoms with van der Waals surface area (Å²) < 4.78 is 17.7. The molecule has 1 saturated carbocycles. The van der Waals surface area contributed by atoms with Crippen molar-refractivity contribution in [3.8, 4) is 11.5 Å². The summed E-state index contributed by atoms with van der Waals surface area (Å²) in [6.07, 6.45) is 2.50. The number of methoxy groups -OCH3 is 1. The van der Waals surface area contributed by atoms with Crippen LogP contribution >= 0.6 is 0 Å². The average molecular weight is 500 g/mol. The fraction of sp³-hybridized carbons (Fsp3) is 0.519. The van der Waals surface area contributed by atoms with Crippen LogP contribution in [0.25, 0.3) is 0 Å². The van der Waals surface area contributed by atoms with Crippen LogP contribution < -0.4 is 9.47 Å². The van der Waals surface area contributed by atoms with Gasteiger partial charge in [-0.3, -0.25) is 14.9 Å². The number of carbonyl (C=O) groups excluding carboxylic acids is 1. The first kappa shape index (κ1) is 26.9. The van der Waals surface area contributed by atoms with Crippen LogP contribution in [0, 0.1) is 22.0 Å². The largest absolute Gasteiger partial charge is 0.493 e. The van der Waals surface area contributed by atoms with E-state index in [-0.39, 0.29) is 46.3 Å². The van der Waals surface area contributed by atoms with E-state index in [1.54, 1.807) is 0 Å². The molecule has 0 aromatic heterocycles. The van der Waals surface area contributed by atoms with E-state index in [1.807, 2.05) is 30.3 Å². The molecule has 1 aliphatic carbocycles. The lowest BCUT2D eigenvalue weighted by Crippen LogP contribution is -2.42. The third kappa shape index (κ3) is 6.30. The Hall–Kier alpha value is -2.71. The number of hydrogen-bond acceptors (Lipinski definition) is 6. The zero-order valence-corrected chi connectivity index (χ0v) is 22.6. The fourth-order valence-corrected chi connectivity index (χ4v) is 5.28. The molecule has 0 bridgehead atoms. The molecule has 2 aromatic carbocycles. The Labute approximate surface area is 209 Å². The van der Waals surface area contributed by atoms with Crippen LogP contribution in [-0.2, 0) is 11.0 Å². The van der Waals surface area contributed by atoms with Crippen LogP contribution in [0.15, 0.2) is 42.5 Å². The molecule has 1 fully saturated rings. The molecule has 0 amide bonds. The molecule has 8 heteroatoms. The topological polar surface area (TPSA) is 87.9 Å². The highest BCUT2D eigenvalue weighted by Gasteiger charge is 2.41. The molecular formula is C27H37NO6Si. The van der Waals surface area contributed by atoms with Crippen LogP contribution in [0.5, 0.6) is 11.5 Å². The molecule has 0 heterocycles. The Morgan fingerprint density at radius 3 is 2.40 bits per heavy atom. The maximum absolute atomic E-state index is 13.6. The first-order chi connectivity index (χ1) is 16.4. The number of nitrogens with zero attached hydrogens (tertiary/aromatic N) is 1. The summed E-state index contributed by atoms with van der Waals surface area (Å²) in [6, 6.07) is 12.3. The molecule has 0 radical (unpaired) electrons. The predicted octanol–water partition coefficient (Wildman–Crippen LogP) is 6.80. The van der Waals surface area contributed by atoms with Crippen LogP contribution in [0.4, 0.5) is 5.69 Å². The highest BCUT2D eigenvalue weighted by Crippen LogP contribution is 2.42. The lowest BCUT2D eigenvalue weighted by atomic mass is 9.88. The van der Waals surface area contributed by atoms with Gasteiger partial charge in [-0.2, -0.15) is 0 Å². The minimum Gasteiger partial charge on any atom is -0.493 e. The van der Waals surface area contributed by atoms with Crippen LogP contribution in [0.1, 0.15) is 56.0 Å². The monoisotopic (exact) mass is 499 g/mol. The van der Waals surface area contributed by atoms with Crippen molar-refractivity contribution in [2.24, 2.45) is 11.8 Å². The summed E-state index contributed by atoms with van der Waals surface area (Å²) in [4.78, 5) is 25.1. The van der Waals surface area contributed by atoms with Crippen molar-refractivity contribution in [3.63, 3.8) is 0 Å². The highest BCUT2D eigenvalue weighted by molar-refractivity contribution is 6.74. The number of rotatable bonds is 10. The summed E-state index contributed by atoms with van der Waals surface area (Å²) in [5.41, 5.74) is 0.742. The first-order valence-electron chi connectivity index (χ1n) is 12.2. The summed E-state index contributed by atoms with van der Waals surface area (Å²) in [7, 11) is -0.492. The molecular weight excluding hydrogens is 462 g/mol. The molecule has 190 valence electrons. The van der Waals surface area contributed by atoms with Gasteiger partial charge in [0.05, 0.1) is 23.7 Å². The van der Waals surface area contributed by atoms with E-state index in [4.69, 9.17) is 13.9 Å². The van der Waals surface area contributed by atoms with Crippen LogP contribution in [0.2, 0.25) is 18.1 Å². The van der Waals surface area contributed by atoms with Gasteiger partial charge < -0.3 is 13.9 Å². The van der Waals surface area contributed by atoms with Gasteiger partial charge in [-0.25, -0.2) is 0 Å². The second kappa shape index (κ2) is 10.9. The molecule has 35 heavy (non-hydrogen) atoms. The van der Waals surface area contributed by atoms with Crippen molar-refractivity contribution in [2.75, 3.05) is 13.7 Å². The van der Waals surface area contributed by atoms with Crippen molar-refractivity contribution in [3.05, 3.63) is 63.7 Å². The van der Waals surface area contributed by atoms with Gasteiger partial charge >= 0.3 is 0 Å². The van der Waals surface area contributed by atoms with Gasteiger partial charge in [-0.1, -0.05) is 57.5 Å². The van der Waals surface area contributed by atoms with E-state index in [0.717, 1.165) is 18.4 Å².